The number of aryl methyl sites for hydroxylation is 2. The Morgan fingerprint density at radius 2 is 1.53 bits per heavy atom. The van der Waals surface area contributed by atoms with Crippen LogP contribution in [0.5, 0.6) is 0 Å². The summed E-state index contributed by atoms with van der Waals surface area (Å²) in [5.74, 6) is -0.476. The largest absolute Gasteiger partial charge is 0.353 e. The van der Waals surface area contributed by atoms with Gasteiger partial charge in [-0.25, -0.2) is 18.7 Å². The minimum absolute atomic E-state index is 0.213. The Morgan fingerprint density at radius 3 is 2.32 bits per heavy atom. The van der Waals surface area contributed by atoms with Crippen LogP contribution in [0.2, 0.25) is 10.3 Å². The molecule has 0 aliphatic carbocycles. The summed E-state index contributed by atoms with van der Waals surface area (Å²) in [5.41, 5.74) is 7.39. The first kappa shape index (κ1) is 24.3. The molecular formula is C30H20Cl2F2N4. The second-order valence-electron chi connectivity index (χ2n) is 8.97. The highest BCUT2D eigenvalue weighted by Crippen LogP contribution is 2.34. The van der Waals surface area contributed by atoms with Crippen molar-refractivity contribution in [3.05, 3.63) is 112 Å². The predicted molar refractivity (Wildman–Crippen MR) is 150 cm³/mol. The monoisotopic (exact) mass is 544 g/mol. The molecule has 38 heavy (non-hydrogen) atoms. The number of aromatic amines is 1. The van der Waals surface area contributed by atoms with Crippen molar-refractivity contribution >= 4 is 51.1 Å². The van der Waals surface area contributed by atoms with E-state index in [2.05, 4.69) is 26.1 Å². The summed E-state index contributed by atoms with van der Waals surface area (Å²) in [7, 11) is 0. The second kappa shape index (κ2) is 9.71. The lowest BCUT2D eigenvalue weighted by Crippen LogP contribution is -2.11. The highest BCUT2D eigenvalue weighted by molar-refractivity contribution is 6.29. The third-order valence-electron chi connectivity index (χ3n) is 6.61. The summed E-state index contributed by atoms with van der Waals surface area (Å²) < 4.78 is 28.7. The smallest absolute Gasteiger partial charge is 0.129 e. The van der Waals surface area contributed by atoms with Gasteiger partial charge in [0.1, 0.15) is 21.9 Å². The number of nitrogens with one attached hydrogen (secondary N) is 1. The molecule has 0 spiro atoms. The fraction of sp³-hybridized carbons (Fsp3) is 0.0667. The number of pyridine rings is 2. The third kappa shape index (κ3) is 4.46. The van der Waals surface area contributed by atoms with Crippen molar-refractivity contribution in [2.75, 3.05) is 0 Å². The third-order valence-corrected chi connectivity index (χ3v) is 7.03. The summed E-state index contributed by atoms with van der Waals surface area (Å²) >= 11 is 11.9. The van der Waals surface area contributed by atoms with Gasteiger partial charge in [-0.05, 0) is 78.7 Å². The van der Waals surface area contributed by atoms with E-state index in [1.54, 1.807) is 24.3 Å². The van der Waals surface area contributed by atoms with Crippen molar-refractivity contribution in [1.29, 1.82) is 0 Å². The molecule has 0 saturated carbocycles. The van der Waals surface area contributed by atoms with Gasteiger partial charge in [-0.2, -0.15) is 0 Å². The van der Waals surface area contributed by atoms with E-state index in [1.165, 1.54) is 23.8 Å². The molecule has 188 valence electrons. The number of H-pyrrole nitrogens is 1. The molecule has 0 unspecified atom stereocenters. The molecule has 1 aliphatic rings. The summed E-state index contributed by atoms with van der Waals surface area (Å²) in [5, 5.41) is 2.60. The van der Waals surface area contributed by atoms with Gasteiger partial charge in [0, 0.05) is 33.9 Å². The Balaban J connectivity index is 0.000000139. The summed E-state index contributed by atoms with van der Waals surface area (Å²) in [6.07, 6.45) is 2.64. The molecule has 8 heteroatoms. The van der Waals surface area contributed by atoms with Gasteiger partial charge < -0.3 is 9.55 Å². The quantitative estimate of drug-likeness (QED) is 0.221. The molecule has 0 atom stereocenters. The van der Waals surface area contributed by atoms with Crippen LogP contribution in [-0.2, 0) is 13.0 Å². The van der Waals surface area contributed by atoms with Gasteiger partial charge in [0.05, 0.1) is 22.8 Å². The predicted octanol–water partition coefficient (Wildman–Crippen LogP) is 8.72. The molecule has 0 radical (unpaired) electrons. The van der Waals surface area contributed by atoms with Gasteiger partial charge in [0.25, 0.3) is 0 Å². The van der Waals surface area contributed by atoms with Gasteiger partial charge >= 0.3 is 0 Å². The molecule has 6 aromatic rings. The highest BCUT2D eigenvalue weighted by atomic mass is 35.5. The fourth-order valence-corrected chi connectivity index (χ4v) is 5.15. The van der Waals surface area contributed by atoms with Crippen LogP contribution in [0, 0.1) is 11.6 Å². The maximum absolute atomic E-state index is 13.3. The number of rotatable bonds is 2. The molecule has 2 aromatic carbocycles. The molecule has 1 aliphatic heterocycles. The standard InChI is InChI=1S/2C15H10ClFN2/c16-14-4-1-9-5-6-19-12-3-2-11(17)7-10(12)8-13(19)15(9)18-14;1-2-9-3-6-14(16)19-15(9)13-8-10-7-11(17)4-5-12(10)18-13/h1-4,7-8H,5-6H2;2-8,18H,1H2. The Morgan fingerprint density at radius 1 is 0.816 bits per heavy atom. The first-order valence-electron chi connectivity index (χ1n) is 11.9. The van der Waals surface area contributed by atoms with E-state index in [9.17, 15) is 8.78 Å². The maximum Gasteiger partial charge on any atom is 0.129 e. The zero-order chi connectivity index (χ0) is 26.4. The van der Waals surface area contributed by atoms with Gasteiger partial charge in [0.2, 0.25) is 0 Å². The van der Waals surface area contributed by atoms with Crippen LogP contribution in [0.3, 0.4) is 0 Å². The average Bonchev–Trinajstić information content (AvgIpc) is 3.49. The zero-order valence-corrected chi connectivity index (χ0v) is 21.5. The SMILES string of the molecule is C=Cc1ccc(Cl)nc1-c1cc2cc(F)ccc2[nH]1.Fc1ccc2c(c1)cc1n2CCc2ccc(Cl)nc2-1. The van der Waals surface area contributed by atoms with Crippen LogP contribution in [0.1, 0.15) is 11.1 Å². The molecule has 1 N–H and O–H groups in total. The number of hydrogen-bond acceptors (Lipinski definition) is 2. The van der Waals surface area contributed by atoms with Crippen molar-refractivity contribution in [1.82, 2.24) is 19.5 Å². The Hall–Kier alpha value is -4.00. The van der Waals surface area contributed by atoms with E-state index in [1.807, 2.05) is 36.4 Å². The minimum Gasteiger partial charge on any atom is -0.353 e. The van der Waals surface area contributed by atoms with E-state index in [4.69, 9.17) is 23.2 Å². The van der Waals surface area contributed by atoms with Gasteiger partial charge in [0.15, 0.2) is 0 Å². The molecule has 0 saturated heterocycles. The Kier molecular flexibility index (Phi) is 6.22. The zero-order valence-electron chi connectivity index (χ0n) is 20.0. The Labute approximate surface area is 227 Å². The van der Waals surface area contributed by atoms with E-state index < -0.39 is 0 Å². The lowest BCUT2D eigenvalue weighted by molar-refractivity contribution is 0.629. The van der Waals surface area contributed by atoms with Crippen LogP contribution in [-0.4, -0.2) is 19.5 Å². The fourth-order valence-electron chi connectivity index (χ4n) is 4.86. The summed E-state index contributed by atoms with van der Waals surface area (Å²) in [4.78, 5) is 11.9. The van der Waals surface area contributed by atoms with E-state index in [0.29, 0.717) is 16.0 Å². The lowest BCUT2D eigenvalue weighted by atomic mass is 10.0. The molecule has 7 rings (SSSR count). The molecule has 0 amide bonds. The van der Waals surface area contributed by atoms with Gasteiger partial charge in [-0.15, -0.1) is 0 Å². The molecule has 4 aromatic heterocycles. The number of benzene rings is 2. The average molecular weight is 545 g/mol. The first-order chi connectivity index (χ1) is 18.4. The number of fused-ring (bicyclic) bond motifs is 6. The van der Waals surface area contributed by atoms with Gasteiger partial charge in [-0.1, -0.05) is 41.9 Å². The second-order valence-corrected chi connectivity index (χ2v) is 9.74. The van der Waals surface area contributed by atoms with Crippen LogP contribution < -0.4 is 0 Å². The van der Waals surface area contributed by atoms with Gasteiger partial charge in [-0.3, -0.25) is 0 Å². The van der Waals surface area contributed by atoms with E-state index in [-0.39, 0.29) is 11.6 Å². The maximum atomic E-state index is 13.3. The molecular weight excluding hydrogens is 525 g/mol. The van der Waals surface area contributed by atoms with Crippen molar-refractivity contribution in [3.63, 3.8) is 0 Å². The van der Waals surface area contributed by atoms with Crippen molar-refractivity contribution in [2.24, 2.45) is 0 Å². The van der Waals surface area contributed by atoms with E-state index in [0.717, 1.165) is 57.4 Å². The Bertz CT molecular complexity index is 1860. The first-order valence-corrected chi connectivity index (χ1v) is 12.7. The number of hydrogen-bond donors (Lipinski definition) is 1. The number of nitrogens with zero attached hydrogens (tertiary/aromatic N) is 3. The highest BCUT2D eigenvalue weighted by Gasteiger charge is 2.20. The molecule has 5 heterocycles. The van der Waals surface area contributed by atoms with Crippen LogP contribution >= 0.6 is 23.2 Å². The molecule has 0 fully saturated rings. The molecule has 4 nitrogen and oxygen atoms in total. The van der Waals surface area contributed by atoms with Crippen molar-refractivity contribution < 1.29 is 8.78 Å². The summed E-state index contributed by atoms with van der Waals surface area (Å²) in [6.45, 7) is 4.65. The summed E-state index contributed by atoms with van der Waals surface area (Å²) in [6, 6.07) is 20.7. The van der Waals surface area contributed by atoms with Crippen molar-refractivity contribution in [2.45, 2.75) is 13.0 Å². The van der Waals surface area contributed by atoms with Crippen molar-refractivity contribution in [3.8, 4) is 22.8 Å². The molecule has 0 bridgehead atoms. The van der Waals surface area contributed by atoms with Crippen LogP contribution in [0.4, 0.5) is 8.78 Å². The lowest BCUT2D eigenvalue weighted by Gasteiger charge is -2.19. The van der Waals surface area contributed by atoms with Crippen LogP contribution in [0.25, 0.3) is 50.7 Å². The normalized spacial score (nSPS) is 12.1. The minimum atomic E-state index is -0.263. The van der Waals surface area contributed by atoms with E-state index >= 15 is 0 Å². The number of aromatic nitrogens is 4. The van der Waals surface area contributed by atoms with Crippen LogP contribution in [0.15, 0.2) is 79.4 Å². The topological polar surface area (TPSA) is 46.5 Å². The number of halogens is 4.